The van der Waals surface area contributed by atoms with Crippen molar-refractivity contribution in [1.82, 2.24) is 5.32 Å². The summed E-state index contributed by atoms with van der Waals surface area (Å²) in [4.78, 5) is 2.36. The molecule has 0 aliphatic heterocycles. The van der Waals surface area contributed by atoms with Crippen LogP contribution in [0.25, 0.3) is 0 Å². The van der Waals surface area contributed by atoms with Crippen molar-refractivity contribution in [3.63, 3.8) is 0 Å². The van der Waals surface area contributed by atoms with Crippen LogP contribution in [0.1, 0.15) is 19.4 Å². The third kappa shape index (κ3) is 5.12. The van der Waals surface area contributed by atoms with Gasteiger partial charge in [0.05, 0.1) is 13.2 Å². The molecule has 0 aliphatic rings. The van der Waals surface area contributed by atoms with Gasteiger partial charge >= 0.3 is 0 Å². The van der Waals surface area contributed by atoms with Crippen molar-refractivity contribution < 1.29 is 9.47 Å². The van der Waals surface area contributed by atoms with E-state index in [-0.39, 0.29) is 0 Å². The van der Waals surface area contributed by atoms with Gasteiger partial charge in [0.15, 0.2) is 0 Å². The second-order valence-corrected chi connectivity index (χ2v) is 4.90. The molecule has 0 fully saturated rings. The molecule has 1 aromatic carbocycles. The molecule has 1 atom stereocenters. The van der Waals surface area contributed by atoms with Crippen LogP contribution in [0.3, 0.4) is 0 Å². The summed E-state index contributed by atoms with van der Waals surface area (Å²) in [5.74, 6) is 0. The minimum atomic E-state index is 0.318. The third-order valence-corrected chi connectivity index (χ3v) is 3.34. The van der Waals surface area contributed by atoms with Gasteiger partial charge in [-0.2, -0.15) is 0 Å². The van der Waals surface area contributed by atoms with Crippen LogP contribution >= 0.6 is 0 Å². The first-order valence-corrected chi connectivity index (χ1v) is 7.27. The number of ether oxygens (including phenoxy) is 2. The van der Waals surface area contributed by atoms with Crippen molar-refractivity contribution >= 4 is 5.69 Å². The van der Waals surface area contributed by atoms with Crippen molar-refractivity contribution in [3.8, 4) is 0 Å². The van der Waals surface area contributed by atoms with E-state index in [1.54, 1.807) is 14.2 Å². The Morgan fingerprint density at radius 2 is 1.95 bits per heavy atom. The Kier molecular flexibility index (Phi) is 8.26. The molecule has 0 saturated heterocycles. The molecule has 1 rings (SSSR count). The van der Waals surface area contributed by atoms with E-state index in [4.69, 9.17) is 9.47 Å². The lowest BCUT2D eigenvalue weighted by Crippen LogP contribution is -2.39. The molecule has 4 heteroatoms. The van der Waals surface area contributed by atoms with E-state index < -0.39 is 0 Å². The molecule has 114 valence electrons. The highest BCUT2D eigenvalue weighted by atomic mass is 16.5. The highest BCUT2D eigenvalue weighted by Gasteiger charge is 2.16. The average molecular weight is 280 g/mol. The first-order chi connectivity index (χ1) is 9.74. The molecule has 20 heavy (non-hydrogen) atoms. The molecule has 0 spiro atoms. The van der Waals surface area contributed by atoms with Crippen LogP contribution in [-0.2, 0) is 16.0 Å². The van der Waals surface area contributed by atoms with Crippen LogP contribution in [0, 0.1) is 0 Å². The van der Waals surface area contributed by atoms with E-state index in [1.807, 2.05) is 0 Å². The summed E-state index contributed by atoms with van der Waals surface area (Å²) in [5, 5.41) is 3.40. The summed E-state index contributed by atoms with van der Waals surface area (Å²) < 4.78 is 10.6. The molecule has 1 aromatic rings. The number of nitrogens with one attached hydrogen (secondary N) is 1. The van der Waals surface area contributed by atoms with Crippen molar-refractivity contribution in [1.29, 1.82) is 0 Å². The lowest BCUT2D eigenvalue weighted by molar-refractivity contribution is 0.171. The van der Waals surface area contributed by atoms with Crippen LogP contribution in [-0.4, -0.2) is 46.6 Å². The van der Waals surface area contributed by atoms with E-state index in [1.165, 1.54) is 11.3 Å². The van der Waals surface area contributed by atoms with Gasteiger partial charge in [-0.05, 0) is 25.1 Å². The fourth-order valence-corrected chi connectivity index (χ4v) is 2.30. The Bertz CT molecular complexity index is 371. The highest BCUT2D eigenvalue weighted by Crippen LogP contribution is 2.22. The summed E-state index contributed by atoms with van der Waals surface area (Å²) >= 11 is 0. The molecule has 0 aliphatic carbocycles. The number of benzene rings is 1. The summed E-state index contributed by atoms with van der Waals surface area (Å²) in [7, 11) is 3.49. The molecule has 4 nitrogen and oxygen atoms in total. The van der Waals surface area contributed by atoms with Gasteiger partial charge in [0, 0.05) is 39.0 Å². The van der Waals surface area contributed by atoms with Gasteiger partial charge in [-0.15, -0.1) is 0 Å². The standard InChI is InChI=1S/C16H28N2O2/c1-5-17-12-15-8-6-7-9-16(15)18(10-11-19-3)14(2)13-20-4/h6-9,14,17H,5,10-13H2,1-4H3. The molecule has 0 saturated carbocycles. The molecule has 0 radical (unpaired) electrons. The molecule has 1 N–H and O–H groups in total. The largest absolute Gasteiger partial charge is 0.383 e. The van der Waals surface area contributed by atoms with Gasteiger partial charge in [-0.3, -0.25) is 0 Å². The van der Waals surface area contributed by atoms with Crippen LogP contribution in [0.15, 0.2) is 24.3 Å². The van der Waals surface area contributed by atoms with Crippen LogP contribution < -0.4 is 10.2 Å². The van der Waals surface area contributed by atoms with E-state index in [0.29, 0.717) is 19.3 Å². The zero-order valence-corrected chi connectivity index (χ0v) is 13.2. The maximum Gasteiger partial charge on any atom is 0.0663 e. The number of methoxy groups -OCH3 is 2. The Morgan fingerprint density at radius 3 is 2.60 bits per heavy atom. The Labute approximate surface area is 123 Å². The topological polar surface area (TPSA) is 33.7 Å². The third-order valence-electron chi connectivity index (χ3n) is 3.34. The SMILES string of the molecule is CCNCc1ccccc1N(CCOC)C(C)COC. The van der Waals surface area contributed by atoms with Gasteiger partial charge in [0.1, 0.15) is 0 Å². The number of para-hydroxylation sites is 1. The minimum Gasteiger partial charge on any atom is -0.383 e. The first kappa shape index (κ1) is 17.0. The van der Waals surface area contributed by atoms with Crippen molar-refractivity contribution in [2.24, 2.45) is 0 Å². The summed E-state index contributed by atoms with van der Waals surface area (Å²) in [6.45, 7) is 8.45. The normalized spacial score (nSPS) is 12.4. The van der Waals surface area contributed by atoms with Crippen molar-refractivity contribution in [2.45, 2.75) is 26.4 Å². The van der Waals surface area contributed by atoms with Crippen molar-refractivity contribution in [3.05, 3.63) is 29.8 Å². The molecule has 0 amide bonds. The number of nitrogens with zero attached hydrogens (tertiary/aromatic N) is 1. The molecular formula is C16H28N2O2. The molecule has 0 heterocycles. The van der Waals surface area contributed by atoms with E-state index in [9.17, 15) is 0 Å². The van der Waals surface area contributed by atoms with Gasteiger partial charge in [0.2, 0.25) is 0 Å². The predicted molar refractivity (Wildman–Crippen MR) is 84.4 cm³/mol. The maximum absolute atomic E-state index is 5.31. The van der Waals surface area contributed by atoms with Gasteiger partial charge < -0.3 is 19.7 Å². The Morgan fingerprint density at radius 1 is 1.20 bits per heavy atom. The second kappa shape index (κ2) is 9.75. The smallest absolute Gasteiger partial charge is 0.0663 e. The summed E-state index contributed by atoms with van der Waals surface area (Å²) in [6.07, 6.45) is 0. The monoisotopic (exact) mass is 280 g/mol. The summed E-state index contributed by atoms with van der Waals surface area (Å²) in [6, 6.07) is 8.85. The number of hydrogen-bond acceptors (Lipinski definition) is 4. The number of rotatable bonds is 10. The van der Waals surface area contributed by atoms with Crippen LogP contribution in [0.2, 0.25) is 0 Å². The molecular weight excluding hydrogens is 252 g/mol. The second-order valence-electron chi connectivity index (χ2n) is 4.90. The number of anilines is 1. The van der Waals surface area contributed by atoms with Gasteiger partial charge in [-0.1, -0.05) is 25.1 Å². The maximum atomic E-state index is 5.31. The van der Waals surface area contributed by atoms with E-state index >= 15 is 0 Å². The molecule has 0 bridgehead atoms. The molecule has 1 unspecified atom stereocenters. The van der Waals surface area contributed by atoms with Gasteiger partial charge in [0.25, 0.3) is 0 Å². The fraction of sp³-hybridized carbons (Fsp3) is 0.625. The Balaban J connectivity index is 2.92. The average Bonchev–Trinajstić information content (AvgIpc) is 2.47. The lowest BCUT2D eigenvalue weighted by Gasteiger charge is -2.32. The van der Waals surface area contributed by atoms with E-state index in [2.05, 4.69) is 48.3 Å². The van der Waals surface area contributed by atoms with Gasteiger partial charge in [-0.25, -0.2) is 0 Å². The fourth-order valence-electron chi connectivity index (χ4n) is 2.30. The lowest BCUT2D eigenvalue weighted by atomic mass is 10.1. The minimum absolute atomic E-state index is 0.318. The highest BCUT2D eigenvalue weighted by molar-refractivity contribution is 5.54. The first-order valence-electron chi connectivity index (χ1n) is 7.27. The number of hydrogen-bond donors (Lipinski definition) is 1. The molecule has 0 aromatic heterocycles. The van der Waals surface area contributed by atoms with Crippen LogP contribution in [0.4, 0.5) is 5.69 Å². The zero-order chi connectivity index (χ0) is 14.8. The predicted octanol–water partition coefficient (Wildman–Crippen LogP) is 2.28. The van der Waals surface area contributed by atoms with Crippen LogP contribution in [0.5, 0.6) is 0 Å². The van der Waals surface area contributed by atoms with Crippen molar-refractivity contribution in [2.75, 3.05) is 45.4 Å². The quantitative estimate of drug-likeness (QED) is 0.713. The van der Waals surface area contributed by atoms with E-state index in [0.717, 1.165) is 19.6 Å². The Hall–Kier alpha value is -1.10. The zero-order valence-electron chi connectivity index (χ0n) is 13.2. The summed E-state index contributed by atoms with van der Waals surface area (Å²) in [5.41, 5.74) is 2.57.